The Bertz CT molecular complexity index is 455. The smallest absolute Gasteiger partial charge is 0.410 e. The number of likely N-dealkylation sites (N-methyl/N-ethyl adjacent to an activating group) is 1. The van der Waals surface area contributed by atoms with Crippen molar-refractivity contribution in [2.75, 3.05) is 40.3 Å². The fraction of sp³-hybridized carbons (Fsp3) is 0.778. The summed E-state index contributed by atoms with van der Waals surface area (Å²) in [6.07, 6.45) is 4.93. The normalized spacial score (nSPS) is 18.5. The summed E-state index contributed by atoms with van der Waals surface area (Å²) < 4.78 is 5.43. The first kappa shape index (κ1) is 20.5. The molecule has 24 heavy (non-hydrogen) atoms. The molecule has 0 aromatic rings. The number of rotatable bonds is 6. The summed E-state index contributed by atoms with van der Waals surface area (Å²) in [7, 11) is 3.93. The molecule has 0 bridgehead atoms. The van der Waals surface area contributed by atoms with Gasteiger partial charge in [-0.2, -0.15) is 0 Å². The van der Waals surface area contributed by atoms with Gasteiger partial charge in [0.15, 0.2) is 0 Å². The molecule has 1 atom stereocenters. The Hall–Kier alpha value is -1.56. The lowest BCUT2D eigenvalue weighted by Crippen LogP contribution is -2.43. The molecule has 1 aliphatic rings. The van der Waals surface area contributed by atoms with Crippen LogP contribution in [-0.4, -0.2) is 78.6 Å². The topological polar surface area (TPSA) is 53.1 Å². The molecule has 0 aromatic heterocycles. The molecule has 1 rings (SSSR count). The third-order valence-corrected chi connectivity index (χ3v) is 3.73. The van der Waals surface area contributed by atoms with Crippen molar-refractivity contribution < 1.29 is 14.3 Å². The van der Waals surface area contributed by atoms with Gasteiger partial charge in [-0.05, 0) is 47.7 Å². The van der Waals surface area contributed by atoms with Crippen LogP contribution in [0.4, 0.5) is 4.79 Å². The molecule has 0 radical (unpaired) electrons. The first-order chi connectivity index (χ1) is 11.1. The van der Waals surface area contributed by atoms with Crippen LogP contribution in [0.1, 0.15) is 40.5 Å². The molecule has 1 saturated heterocycles. The van der Waals surface area contributed by atoms with Gasteiger partial charge in [0, 0.05) is 32.3 Å². The Morgan fingerprint density at radius 1 is 1.29 bits per heavy atom. The van der Waals surface area contributed by atoms with Gasteiger partial charge in [0.1, 0.15) is 5.60 Å². The van der Waals surface area contributed by atoms with Crippen molar-refractivity contribution in [3.63, 3.8) is 0 Å². The van der Waals surface area contributed by atoms with Gasteiger partial charge in [0.05, 0.1) is 6.04 Å². The van der Waals surface area contributed by atoms with Gasteiger partial charge < -0.3 is 19.4 Å². The van der Waals surface area contributed by atoms with Gasteiger partial charge >= 0.3 is 6.09 Å². The average Bonchev–Trinajstić information content (AvgIpc) is 2.91. The highest BCUT2D eigenvalue weighted by atomic mass is 16.6. The summed E-state index contributed by atoms with van der Waals surface area (Å²) in [4.78, 5) is 30.3. The highest BCUT2D eigenvalue weighted by Crippen LogP contribution is 2.19. The number of hydrogen-bond donors (Lipinski definition) is 0. The molecule has 1 fully saturated rings. The van der Waals surface area contributed by atoms with Crippen LogP contribution in [0.5, 0.6) is 0 Å². The van der Waals surface area contributed by atoms with Crippen LogP contribution in [-0.2, 0) is 9.53 Å². The van der Waals surface area contributed by atoms with E-state index in [1.54, 1.807) is 11.0 Å². The first-order valence-electron chi connectivity index (χ1n) is 8.74. The number of hydrogen-bond acceptors (Lipinski definition) is 4. The lowest BCUT2D eigenvalue weighted by atomic mass is 10.2. The standard InChI is InChI=1S/C18H33N3O3/c1-7-11-21(16(22)9-8-12-19(5)6)15-10-13-20(14-15)17(23)24-18(2,3)4/h8-9,15H,7,10-14H2,1-6H3/b9-8+. The SMILES string of the molecule is CCCN(C(=O)/C=C/CN(C)C)C1CCN(C(=O)OC(C)(C)C)C1. The fourth-order valence-corrected chi connectivity index (χ4v) is 2.66. The molecular weight excluding hydrogens is 306 g/mol. The summed E-state index contributed by atoms with van der Waals surface area (Å²) in [5, 5.41) is 0. The molecule has 0 aromatic carbocycles. The summed E-state index contributed by atoms with van der Waals surface area (Å²) in [6, 6.07) is 0.0639. The number of likely N-dealkylation sites (tertiary alicyclic amines) is 1. The second-order valence-electron chi connectivity index (χ2n) is 7.57. The van der Waals surface area contributed by atoms with Gasteiger partial charge in [-0.3, -0.25) is 4.79 Å². The van der Waals surface area contributed by atoms with Gasteiger partial charge in [-0.25, -0.2) is 4.79 Å². The largest absolute Gasteiger partial charge is 0.444 e. The van der Waals surface area contributed by atoms with Crippen molar-refractivity contribution in [3.05, 3.63) is 12.2 Å². The van der Waals surface area contributed by atoms with Crippen LogP contribution in [0.2, 0.25) is 0 Å². The molecule has 0 aliphatic carbocycles. The molecule has 0 spiro atoms. The minimum absolute atomic E-state index is 0.0229. The van der Waals surface area contributed by atoms with Crippen LogP contribution in [0.25, 0.3) is 0 Å². The molecule has 138 valence electrons. The summed E-state index contributed by atoms with van der Waals surface area (Å²) >= 11 is 0. The quantitative estimate of drug-likeness (QED) is 0.697. The number of amides is 2. The van der Waals surface area contributed by atoms with Crippen molar-refractivity contribution in [3.8, 4) is 0 Å². The van der Waals surface area contributed by atoms with Crippen molar-refractivity contribution in [1.82, 2.24) is 14.7 Å². The maximum absolute atomic E-state index is 12.5. The van der Waals surface area contributed by atoms with Crippen molar-refractivity contribution in [2.24, 2.45) is 0 Å². The van der Waals surface area contributed by atoms with E-state index >= 15 is 0 Å². The summed E-state index contributed by atoms with van der Waals surface area (Å²) in [6.45, 7) is 10.3. The van der Waals surface area contributed by atoms with E-state index in [0.717, 1.165) is 19.4 Å². The van der Waals surface area contributed by atoms with Gasteiger partial charge in [-0.15, -0.1) is 0 Å². The lowest BCUT2D eigenvalue weighted by molar-refractivity contribution is -0.128. The minimum Gasteiger partial charge on any atom is -0.444 e. The van der Waals surface area contributed by atoms with E-state index in [0.29, 0.717) is 19.6 Å². The third-order valence-electron chi connectivity index (χ3n) is 3.73. The molecule has 0 N–H and O–H groups in total. The number of carbonyl (C=O) groups excluding carboxylic acids is 2. The minimum atomic E-state index is -0.497. The van der Waals surface area contributed by atoms with Gasteiger partial charge in [-0.1, -0.05) is 13.0 Å². The predicted molar refractivity (Wildman–Crippen MR) is 95.9 cm³/mol. The maximum Gasteiger partial charge on any atom is 0.410 e. The van der Waals surface area contributed by atoms with Crippen LogP contribution in [0, 0.1) is 0 Å². The monoisotopic (exact) mass is 339 g/mol. The first-order valence-corrected chi connectivity index (χ1v) is 8.74. The van der Waals surface area contributed by atoms with Crippen molar-refractivity contribution >= 4 is 12.0 Å². The van der Waals surface area contributed by atoms with Crippen LogP contribution >= 0.6 is 0 Å². The molecule has 1 heterocycles. The fourth-order valence-electron chi connectivity index (χ4n) is 2.66. The zero-order chi connectivity index (χ0) is 18.3. The van der Waals surface area contributed by atoms with Crippen LogP contribution in [0.15, 0.2) is 12.2 Å². The van der Waals surface area contributed by atoms with Gasteiger partial charge in [0.25, 0.3) is 0 Å². The molecule has 0 saturated carbocycles. The molecule has 1 unspecified atom stereocenters. The second kappa shape index (κ2) is 9.06. The van der Waals surface area contributed by atoms with E-state index < -0.39 is 5.60 Å². The Balaban J connectivity index is 2.65. The molecule has 2 amide bonds. The molecule has 6 nitrogen and oxygen atoms in total. The number of carbonyl (C=O) groups is 2. The van der Waals surface area contributed by atoms with Crippen LogP contribution in [0.3, 0.4) is 0 Å². The highest BCUT2D eigenvalue weighted by molar-refractivity contribution is 5.88. The Morgan fingerprint density at radius 2 is 1.96 bits per heavy atom. The van der Waals surface area contributed by atoms with E-state index in [1.165, 1.54) is 0 Å². The van der Waals surface area contributed by atoms with E-state index in [4.69, 9.17) is 4.74 Å². The van der Waals surface area contributed by atoms with Crippen molar-refractivity contribution in [2.45, 2.75) is 52.2 Å². The lowest BCUT2D eigenvalue weighted by Gasteiger charge is -2.28. The summed E-state index contributed by atoms with van der Waals surface area (Å²) in [5.74, 6) is 0.0229. The molecular formula is C18H33N3O3. The highest BCUT2D eigenvalue weighted by Gasteiger charge is 2.33. The Labute approximate surface area is 146 Å². The summed E-state index contributed by atoms with van der Waals surface area (Å²) in [5.41, 5.74) is -0.497. The van der Waals surface area contributed by atoms with Gasteiger partial charge in [0.2, 0.25) is 5.91 Å². The molecule has 6 heteroatoms. The van der Waals surface area contributed by atoms with E-state index in [-0.39, 0.29) is 18.0 Å². The van der Waals surface area contributed by atoms with E-state index in [9.17, 15) is 9.59 Å². The van der Waals surface area contributed by atoms with E-state index in [2.05, 4.69) is 6.92 Å². The second-order valence-corrected chi connectivity index (χ2v) is 7.57. The maximum atomic E-state index is 12.5. The Morgan fingerprint density at radius 3 is 2.50 bits per heavy atom. The molecule has 1 aliphatic heterocycles. The number of nitrogens with zero attached hydrogens (tertiary/aromatic N) is 3. The zero-order valence-electron chi connectivity index (χ0n) is 16.0. The van der Waals surface area contributed by atoms with Crippen LogP contribution < -0.4 is 0 Å². The zero-order valence-corrected chi connectivity index (χ0v) is 16.0. The van der Waals surface area contributed by atoms with Crippen molar-refractivity contribution in [1.29, 1.82) is 0 Å². The number of ether oxygens (including phenoxy) is 1. The Kier molecular flexibility index (Phi) is 7.73. The average molecular weight is 339 g/mol. The predicted octanol–water partition coefficient (Wildman–Crippen LogP) is 2.35. The van der Waals surface area contributed by atoms with E-state index in [1.807, 2.05) is 50.7 Å². The third kappa shape index (κ3) is 6.91.